The van der Waals surface area contributed by atoms with Crippen LogP contribution >= 0.6 is 0 Å². The van der Waals surface area contributed by atoms with E-state index in [-0.39, 0.29) is 76.2 Å². The van der Waals surface area contributed by atoms with Gasteiger partial charge in [-0.2, -0.15) is 0 Å². The van der Waals surface area contributed by atoms with Gasteiger partial charge in [0, 0.05) is 0 Å². The lowest BCUT2D eigenvalue weighted by Crippen LogP contribution is -2.19. The highest BCUT2D eigenvalue weighted by Gasteiger charge is 2.27. The van der Waals surface area contributed by atoms with E-state index in [0.29, 0.717) is 79.3 Å². The van der Waals surface area contributed by atoms with Gasteiger partial charge in [0.1, 0.15) is 26.4 Å². The average Bonchev–Trinajstić information content (AvgIpc) is 0.833. The number of hydrogen-bond acceptors (Lipinski definition) is 15. The van der Waals surface area contributed by atoms with Crippen molar-refractivity contribution in [1.29, 1.82) is 0 Å². The smallest absolute Gasteiger partial charge is 0.306 e. The molecule has 0 aliphatic heterocycles. The van der Waals surface area contributed by atoms with Gasteiger partial charge in [0.2, 0.25) is 0 Å². The highest BCUT2D eigenvalue weighted by molar-refractivity contribution is 5.78. The van der Waals surface area contributed by atoms with Gasteiger partial charge in [0.05, 0.1) is 118 Å². The van der Waals surface area contributed by atoms with Crippen molar-refractivity contribution < 1.29 is 71.3 Å². The van der Waals surface area contributed by atoms with E-state index in [0.717, 1.165) is 33.4 Å². The molecule has 2 aliphatic rings. The fourth-order valence-electron chi connectivity index (χ4n) is 10.1. The van der Waals surface area contributed by atoms with Crippen LogP contribution in [0.1, 0.15) is 161 Å². The molecular formula is C84H122O15. The van der Waals surface area contributed by atoms with Crippen LogP contribution in [0.5, 0.6) is 0 Å². The Hall–Kier alpha value is -7.08. The van der Waals surface area contributed by atoms with Crippen LogP contribution in [-0.2, 0) is 71.3 Å². The van der Waals surface area contributed by atoms with Crippen LogP contribution < -0.4 is 0 Å². The van der Waals surface area contributed by atoms with Crippen LogP contribution in [0.15, 0.2) is 213 Å². The van der Waals surface area contributed by atoms with Crippen LogP contribution in [0.25, 0.3) is 0 Å². The maximum absolute atomic E-state index is 12.2. The van der Waals surface area contributed by atoms with Gasteiger partial charge >= 0.3 is 23.9 Å². The molecule has 0 saturated carbocycles. The van der Waals surface area contributed by atoms with Crippen molar-refractivity contribution in [1.82, 2.24) is 0 Å². The predicted molar refractivity (Wildman–Crippen MR) is 402 cm³/mol. The number of ether oxygens (including phenoxy) is 11. The fraction of sp³-hybridized carbons (Fsp3) is 0.524. The van der Waals surface area contributed by atoms with Gasteiger partial charge in [-0.3, -0.25) is 19.2 Å². The number of allylic oxidation sites excluding steroid dienone is 34. The van der Waals surface area contributed by atoms with Crippen LogP contribution in [0.2, 0.25) is 0 Å². The highest BCUT2D eigenvalue weighted by Crippen LogP contribution is 2.42. The Morgan fingerprint density at radius 3 is 0.818 bits per heavy atom. The van der Waals surface area contributed by atoms with Crippen LogP contribution in [0, 0.1) is 10.8 Å². The summed E-state index contributed by atoms with van der Waals surface area (Å²) in [4.78, 5) is 48.7. The lowest BCUT2D eigenvalue weighted by atomic mass is 9.72. The maximum Gasteiger partial charge on any atom is 0.306 e. The van der Waals surface area contributed by atoms with Gasteiger partial charge in [-0.1, -0.05) is 218 Å². The summed E-state index contributed by atoms with van der Waals surface area (Å²) in [6.45, 7) is 35.6. The second kappa shape index (κ2) is 54.7. The van der Waals surface area contributed by atoms with Gasteiger partial charge in [-0.25, -0.2) is 0 Å². The molecule has 99 heavy (non-hydrogen) atoms. The van der Waals surface area contributed by atoms with E-state index in [1.54, 1.807) is 0 Å². The van der Waals surface area contributed by atoms with E-state index >= 15 is 0 Å². The first-order valence-corrected chi connectivity index (χ1v) is 35.3. The van der Waals surface area contributed by atoms with Crippen LogP contribution in [-0.4, -0.2) is 143 Å². The van der Waals surface area contributed by atoms with Crippen molar-refractivity contribution in [3.8, 4) is 0 Å². The first kappa shape index (κ1) is 88.0. The SMILES string of the molecule is CC1=C(/C=C/C(C)=C/C=C/C(C)=C/C=C/C=C(C)/C=C/C=C(\C)COC(=O)CCC(=O)OCCOCCOCCOCCOCCOCCOCCOCCOC(=O)CCC(=O)OC/C(C)=C/C=C/C(C)=C/C=C/C=C(C)/C=C/C=C(C)/C=C/C2=C(C)CCCC2(C)C)C(C)(C)CCC1. The Bertz CT molecular complexity index is 2820. The lowest BCUT2D eigenvalue weighted by molar-refractivity contribution is -0.150. The summed E-state index contributed by atoms with van der Waals surface area (Å²) < 4.78 is 59.5. The summed E-state index contributed by atoms with van der Waals surface area (Å²) in [6, 6.07) is 0. The number of esters is 4. The highest BCUT2D eigenvalue weighted by atomic mass is 16.6. The van der Waals surface area contributed by atoms with Crippen molar-refractivity contribution in [2.75, 3.05) is 119 Å². The van der Waals surface area contributed by atoms with Crippen molar-refractivity contribution in [2.45, 2.75) is 161 Å². The van der Waals surface area contributed by atoms with E-state index < -0.39 is 23.9 Å². The minimum absolute atomic E-state index is 0.0687. The summed E-state index contributed by atoms with van der Waals surface area (Å²) >= 11 is 0. The molecule has 0 atom stereocenters. The van der Waals surface area contributed by atoms with E-state index in [2.05, 4.69) is 142 Å². The van der Waals surface area contributed by atoms with Crippen molar-refractivity contribution in [3.63, 3.8) is 0 Å². The molecule has 548 valence electrons. The standard InChI is InChI=1S/C84H122O15/c1-67(29-19-33-71(5)39-41-77-75(9)37-23-47-83(77,11)12)25-15-17-27-69(3)31-21-35-73(7)65-98-81(87)45-43-79(85)96-63-61-94-59-57-92-55-53-90-51-49-89-50-52-91-54-56-93-58-60-95-62-64-97-80(86)44-46-82(88)99-66-74(8)36-22-32-70(4)28-18-16-26-68(2)30-20-34-72(6)40-42-78-76(10)38-24-48-84(78,13)14/h15-22,25-36,39-42H,23-24,37-38,43-66H2,1-14H3/b17-15+,18-16+,29-19+,30-20+,31-21+,32-22+,41-39+,42-40+,67-25+,68-26+,69-27+,70-28+,71-33+,72-34+,73-35+,74-36+. The second-order valence-corrected chi connectivity index (χ2v) is 26.3. The number of carbonyl (C=O) groups is 4. The third-order valence-electron chi connectivity index (χ3n) is 15.9. The zero-order valence-corrected chi connectivity index (χ0v) is 62.8. The summed E-state index contributed by atoms with van der Waals surface area (Å²) in [5.41, 5.74) is 15.1. The Balaban J connectivity index is 1.36. The zero-order chi connectivity index (χ0) is 72.8. The minimum Gasteiger partial charge on any atom is -0.463 e. The Labute approximate surface area is 596 Å². The first-order valence-electron chi connectivity index (χ1n) is 35.3. The third-order valence-corrected chi connectivity index (χ3v) is 15.9. The normalized spacial score (nSPS) is 16.7. The van der Waals surface area contributed by atoms with Gasteiger partial charge in [0.15, 0.2) is 0 Å². The van der Waals surface area contributed by atoms with Gasteiger partial charge in [-0.05, 0) is 141 Å². The molecule has 2 aliphatic carbocycles. The molecule has 0 fully saturated rings. The molecule has 0 radical (unpaired) electrons. The maximum atomic E-state index is 12.2. The number of hydrogen-bond donors (Lipinski definition) is 0. The number of rotatable bonds is 50. The average molecular weight is 1370 g/mol. The zero-order valence-electron chi connectivity index (χ0n) is 62.8. The van der Waals surface area contributed by atoms with E-state index in [1.807, 2.05) is 101 Å². The summed E-state index contributed by atoms with van der Waals surface area (Å²) in [5.74, 6) is -1.93. The summed E-state index contributed by atoms with van der Waals surface area (Å²) in [5, 5.41) is 0. The van der Waals surface area contributed by atoms with Gasteiger partial charge < -0.3 is 52.1 Å². The largest absolute Gasteiger partial charge is 0.463 e. The number of carbonyl (C=O) groups excluding carboxylic acids is 4. The molecule has 2 rings (SSSR count). The molecule has 0 amide bonds. The molecule has 0 aromatic carbocycles. The van der Waals surface area contributed by atoms with Crippen molar-refractivity contribution in [2.24, 2.45) is 10.8 Å². The van der Waals surface area contributed by atoms with Crippen LogP contribution in [0.3, 0.4) is 0 Å². The molecule has 0 unspecified atom stereocenters. The van der Waals surface area contributed by atoms with E-state index in [4.69, 9.17) is 52.1 Å². The molecular weight excluding hydrogens is 1250 g/mol. The fourth-order valence-corrected chi connectivity index (χ4v) is 10.1. The van der Waals surface area contributed by atoms with Crippen molar-refractivity contribution >= 4 is 23.9 Å². The van der Waals surface area contributed by atoms with Crippen LogP contribution in [0.4, 0.5) is 0 Å². The lowest BCUT2D eigenvalue weighted by Gasteiger charge is -2.33. The molecule has 0 heterocycles. The second-order valence-electron chi connectivity index (χ2n) is 26.3. The Morgan fingerprint density at radius 2 is 0.545 bits per heavy atom. The minimum atomic E-state index is -0.495. The quantitative estimate of drug-likeness (QED) is 0.0244. The summed E-state index contributed by atoms with van der Waals surface area (Å²) in [7, 11) is 0. The third kappa shape index (κ3) is 47.6. The molecule has 0 bridgehead atoms. The molecule has 0 aromatic rings. The molecule has 15 heteroatoms. The first-order chi connectivity index (χ1) is 47.5. The topological polar surface area (TPSA) is 170 Å². The predicted octanol–water partition coefficient (Wildman–Crippen LogP) is 17.9. The molecule has 0 aromatic heterocycles. The monoisotopic (exact) mass is 1370 g/mol. The Kier molecular flexibility index (Phi) is 48.6. The van der Waals surface area contributed by atoms with E-state index in [1.165, 1.54) is 72.0 Å². The van der Waals surface area contributed by atoms with Gasteiger partial charge in [0.25, 0.3) is 0 Å². The summed E-state index contributed by atoms with van der Waals surface area (Å²) in [6.07, 6.45) is 56.7. The molecule has 0 spiro atoms. The molecule has 0 saturated heterocycles. The van der Waals surface area contributed by atoms with Crippen molar-refractivity contribution in [3.05, 3.63) is 213 Å². The molecule has 15 nitrogen and oxygen atoms in total. The van der Waals surface area contributed by atoms with E-state index in [9.17, 15) is 19.2 Å². The van der Waals surface area contributed by atoms with Gasteiger partial charge in [-0.15, -0.1) is 0 Å². The Morgan fingerprint density at radius 1 is 0.313 bits per heavy atom. The molecule has 0 N–H and O–H groups in total.